The Balaban J connectivity index is 1.60. The van der Waals surface area contributed by atoms with Gasteiger partial charge in [0.15, 0.2) is 5.78 Å². The first-order valence-electron chi connectivity index (χ1n) is 8.11. The molecular weight excluding hydrogens is 290 g/mol. The normalized spacial score (nSPS) is 15.9. The highest BCUT2D eigenvalue weighted by Crippen LogP contribution is 2.22. The van der Waals surface area contributed by atoms with E-state index >= 15 is 0 Å². The number of hydrogen-bond acceptors (Lipinski definition) is 5. The number of Topliss-reactive ketones (excluding diaryl/α,β-unsaturated/α-hetero) is 1. The predicted molar refractivity (Wildman–Crippen MR) is 88.7 cm³/mol. The number of ketones is 1. The monoisotopic (exact) mass is 313 g/mol. The lowest BCUT2D eigenvalue weighted by atomic mass is 9.97. The van der Waals surface area contributed by atoms with Crippen molar-refractivity contribution in [3.8, 4) is 0 Å². The first-order chi connectivity index (χ1) is 11.0. The number of rotatable bonds is 4. The molecule has 0 radical (unpaired) electrons. The molecule has 2 aromatic heterocycles. The third-order valence-corrected chi connectivity index (χ3v) is 4.45. The number of carbonyl (C=O) groups excluding carboxylic acids is 1. The van der Waals surface area contributed by atoms with Crippen LogP contribution in [0.3, 0.4) is 0 Å². The van der Waals surface area contributed by atoms with Gasteiger partial charge in [0.1, 0.15) is 0 Å². The van der Waals surface area contributed by atoms with Gasteiger partial charge in [-0.2, -0.15) is 5.10 Å². The first-order valence-corrected chi connectivity index (χ1v) is 8.11. The summed E-state index contributed by atoms with van der Waals surface area (Å²) in [6, 6.07) is 0. The van der Waals surface area contributed by atoms with Gasteiger partial charge in [-0.25, -0.2) is 9.97 Å². The molecule has 0 aliphatic carbocycles. The number of nitrogens with zero attached hydrogens (tertiary/aromatic N) is 5. The van der Waals surface area contributed by atoms with Crippen LogP contribution in [0.5, 0.6) is 0 Å². The average molecular weight is 313 g/mol. The van der Waals surface area contributed by atoms with Crippen molar-refractivity contribution in [2.75, 3.05) is 18.0 Å². The van der Waals surface area contributed by atoms with Gasteiger partial charge in [-0.05, 0) is 45.1 Å². The smallest absolute Gasteiger partial charge is 0.225 e. The number of carbonyl (C=O) groups is 1. The first kappa shape index (κ1) is 15.6. The Morgan fingerprint density at radius 2 is 2.00 bits per heavy atom. The van der Waals surface area contributed by atoms with Crippen molar-refractivity contribution in [3.05, 3.63) is 35.4 Å². The van der Waals surface area contributed by atoms with E-state index in [1.807, 2.05) is 17.8 Å². The van der Waals surface area contributed by atoms with E-state index in [9.17, 15) is 4.79 Å². The molecule has 0 N–H and O–H groups in total. The van der Waals surface area contributed by atoms with Crippen molar-refractivity contribution in [1.82, 2.24) is 19.7 Å². The van der Waals surface area contributed by atoms with Gasteiger partial charge in [0.25, 0.3) is 0 Å². The summed E-state index contributed by atoms with van der Waals surface area (Å²) in [4.78, 5) is 22.6. The standard InChI is InChI=1S/C17H23N5O/c1-12-8-19-22(10-12)11-15-4-6-21(7-5-15)17-18-9-16(14(3)23)13(2)20-17/h8-10,15H,4-7,11H2,1-3H3. The number of aromatic nitrogens is 4. The summed E-state index contributed by atoms with van der Waals surface area (Å²) in [5.41, 5.74) is 2.58. The maximum absolute atomic E-state index is 11.5. The van der Waals surface area contributed by atoms with Crippen LogP contribution >= 0.6 is 0 Å². The molecule has 1 aliphatic heterocycles. The summed E-state index contributed by atoms with van der Waals surface area (Å²) in [6.45, 7) is 8.36. The minimum absolute atomic E-state index is 0.0160. The van der Waals surface area contributed by atoms with Gasteiger partial charge in [-0.1, -0.05) is 0 Å². The van der Waals surface area contributed by atoms with Crippen molar-refractivity contribution < 1.29 is 4.79 Å². The molecule has 3 heterocycles. The molecule has 0 spiro atoms. The Morgan fingerprint density at radius 3 is 2.57 bits per heavy atom. The molecular formula is C17H23N5O. The molecule has 6 heteroatoms. The largest absolute Gasteiger partial charge is 0.341 e. The van der Waals surface area contributed by atoms with Gasteiger partial charge >= 0.3 is 0 Å². The lowest BCUT2D eigenvalue weighted by Gasteiger charge is -2.32. The van der Waals surface area contributed by atoms with E-state index in [4.69, 9.17) is 0 Å². The molecule has 122 valence electrons. The van der Waals surface area contributed by atoms with E-state index < -0.39 is 0 Å². The molecule has 0 aromatic carbocycles. The van der Waals surface area contributed by atoms with Crippen molar-refractivity contribution in [2.45, 2.75) is 40.2 Å². The molecule has 1 fully saturated rings. The molecule has 0 unspecified atom stereocenters. The van der Waals surface area contributed by atoms with Crippen molar-refractivity contribution in [3.63, 3.8) is 0 Å². The third-order valence-electron chi connectivity index (χ3n) is 4.45. The summed E-state index contributed by atoms with van der Waals surface area (Å²) < 4.78 is 2.04. The fourth-order valence-electron chi connectivity index (χ4n) is 3.10. The SMILES string of the molecule is CC(=O)c1cnc(N2CCC(Cn3cc(C)cn3)CC2)nc1C. The van der Waals surface area contributed by atoms with Gasteiger partial charge in [0.05, 0.1) is 17.5 Å². The molecule has 0 bridgehead atoms. The van der Waals surface area contributed by atoms with E-state index in [1.165, 1.54) is 5.56 Å². The Hall–Kier alpha value is -2.24. The highest BCUT2D eigenvalue weighted by atomic mass is 16.1. The zero-order chi connectivity index (χ0) is 16.4. The molecule has 2 aromatic rings. The van der Waals surface area contributed by atoms with E-state index in [0.29, 0.717) is 11.5 Å². The van der Waals surface area contributed by atoms with Crippen LogP contribution in [0.1, 0.15) is 41.4 Å². The van der Waals surface area contributed by atoms with Crippen LogP contribution in [0.2, 0.25) is 0 Å². The Kier molecular flexibility index (Phi) is 4.41. The topological polar surface area (TPSA) is 63.9 Å². The van der Waals surface area contributed by atoms with Crippen LogP contribution in [-0.4, -0.2) is 38.6 Å². The van der Waals surface area contributed by atoms with Gasteiger partial charge in [0, 0.05) is 32.0 Å². The van der Waals surface area contributed by atoms with E-state index in [-0.39, 0.29) is 5.78 Å². The molecule has 6 nitrogen and oxygen atoms in total. The summed E-state index contributed by atoms with van der Waals surface area (Å²) in [6.07, 6.45) is 7.87. The zero-order valence-corrected chi connectivity index (χ0v) is 14.0. The Morgan fingerprint density at radius 1 is 1.26 bits per heavy atom. The van der Waals surface area contributed by atoms with Crippen LogP contribution in [0, 0.1) is 19.8 Å². The summed E-state index contributed by atoms with van der Waals surface area (Å²) in [7, 11) is 0. The average Bonchev–Trinajstić information content (AvgIpc) is 2.92. The van der Waals surface area contributed by atoms with Crippen LogP contribution in [-0.2, 0) is 6.54 Å². The second kappa shape index (κ2) is 6.48. The summed E-state index contributed by atoms with van der Waals surface area (Å²) in [5, 5.41) is 4.37. The summed E-state index contributed by atoms with van der Waals surface area (Å²) in [5.74, 6) is 1.39. The quantitative estimate of drug-likeness (QED) is 0.811. The molecule has 23 heavy (non-hydrogen) atoms. The minimum Gasteiger partial charge on any atom is -0.341 e. The molecule has 0 saturated carbocycles. The molecule has 3 rings (SSSR count). The van der Waals surface area contributed by atoms with Gasteiger partial charge in [-0.15, -0.1) is 0 Å². The predicted octanol–water partition coefficient (Wildman–Crippen LogP) is 2.41. The maximum Gasteiger partial charge on any atom is 0.225 e. The highest BCUT2D eigenvalue weighted by molar-refractivity contribution is 5.94. The second-order valence-electron chi connectivity index (χ2n) is 6.40. The number of aryl methyl sites for hydroxylation is 2. The Bertz CT molecular complexity index is 701. The van der Waals surface area contributed by atoms with Crippen molar-refractivity contribution in [2.24, 2.45) is 5.92 Å². The van der Waals surface area contributed by atoms with E-state index in [2.05, 4.69) is 33.1 Å². The molecule has 0 atom stereocenters. The molecule has 0 amide bonds. The summed E-state index contributed by atoms with van der Waals surface area (Å²) >= 11 is 0. The Labute approximate surface area is 136 Å². The minimum atomic E-state index is 0.0160. The third kappa shape index (κ3) is 3.57. The lowest BCUT2D eigenvalue weighted by Crippen LogP contribution is -2.36. The number of piperidine rings is 1. The van der Waals surface area contributed by atoms with Crippen LogP contribution in [0.4, 0.5) is 5.95 Å². The van der Waals surface area contributed by atoms with Crippen molar-refractivity contribution >= 4 is 11.7 Å². The van der Waals surface area contributed by atoms with E-state index in [0.717, 1.165) is 44.1 Å². The second-order valence-corrected chi connectivity index (χ2v) is 6.40. The fraction of sp³-hybridized carbons (Fsp3) is 0.529. The maximum atomic E-state index is 11.5. The fourth-order valence-corrected chi connectivity index (χ4v) is 3.10. The van der Waals surface area contributed by atoms with Crippen LogP contribution in [0.25, 0.3) is 0 Å². The molecule has 1 saturated heterocycles. The van der Waals surface area contributed by atoms with Crippen molar-refractivity contribution in [1.29, 1.82) is 0 Å². The lowest BCUT2D eigenvalue weighted by molar-refractivity contribution is 0.101. The van der Waals surface area contributed by atoms with Gasteiger partial charge < -0.3 is 4.90 Å². The zero-order valence-electron chi connectivity index (χ0n) is 14.0. The van der Waals surface area contributed by atoms with Gasteiger partial charge in [-0.3, -0.25) is 9.48 Å². The van der Waals surface area contributed by atoms with Crippen LogP contribution in [0.15, 0.2) is 18.6 Å². The van der Waals surface area contributed by atoms with Gasteiger partial charge in [0.2, 0.25) is 5.95 Å². The number of hydrogen-bond donors (Lipinski definition) is 0. The van der Waals surface area contributed by atoms with Crippen LogP contribution < -0.4 is 4.90 Å². The number of anilines is 1. The molecule has 1 aliphatic rings. The highest BCUT2D eigenvalue weighted by Gasteiger charge is 2.22. The van der Waals surface area contributed by atoms with E-state index in [1.54, 1.807) is 13.1 Å².